The zero-order valence-electron chi connectivity index (χ0n) is 17.7. The van der Waals surface area contributed by atoms with Crippen molar-refractivity contribution >= 4 is 17.6 Å². The topological polar surface area (TPSA) is 97.3 Å². The molecule has 1 aromatic carbocycles. The lowest BCUT2D eigenvalue weighted by Crippen LogP contribution is -2.49. The second-order valence-electron chi connectivity index (χ2n) is 7.43. The maximum Gasteiger partial charge on any atom is 0.341 e. The number of hydrogen-bond donors (Lipinski definition) is 2. The molecule has 3 aliphatic rings. The number of para-hydroxylation sites is 1. The van der Waals surface area contributed by atoms with Gasteiger partial charge in [0, 0.05) is 17.0 Å². The van der Waals surface area contributed by atoms with E-state index in [0.717, 1.165) is 12.0 Å². The predicted molar refractivity (Wildman–Crippen MR) is 117 cm³/mol. The number of aliphatic carboxylic acids is 1. The molecule has 0 bridgehead atoms. The summed E-state index contributed by atoms with van der Waals surface area (Å²) < 4.78 is 16.2. The second-order valence-corrected chi connectivity index (χ2v) is 7.43. The number of rotatable bonds is 7. The fourth-order valence-corrected chi connectivity index (χ4v) is 3.78. The Labute approximate surface area is 185 Å². The van der Waals surface area contributed by atoms with Gasteiger partial charge in [-0.1, -0.05) is 24.8 Å². The molecule has 0 fully saturated rings. The summed E-state index contributed by atoms with van der Waals surface area (Å²) in [5.74, 6) is 0.388. The van der Waals surface area contributed by atoms with Gasteiger partial charge in [0.1, 0.15) is 17.7 Å². The molecule has 1 atom stereocenters. The number of hydrogen-bond acceptors (Lipinski definition) is 6. The molecule has 1 unspecified atom stereocenters. The summed E-state index contributed by atoms with van der Waals surface area (Å²) in [6.07, 6.45) is 7.86. The van der Waals surface area contributed by atoms with Crippen molar-refractivity contribution in [3.05, 3.63) is 89.3 Å². The fraction of sp³-hybridized carbons (Fsp3) is 0.250. The number of ether oxygens (including phenoxy) is 3. The summed E-state index contributed by atoms with van der Waals surface area (Å²) in [4.78, 5) is 26.1. The van der Waals surface area contributed by atoms with Crippen molar-refractivity contribution in [3.8, 4) is 0 Å². The van der Waals surface area contributed by atoms with Crippen molar-refractivity contribution in [2.45, 2.75) is 25.9 Å². The zero-order valence-corrected chi connectivity index (χ0v) is 17.7. The van der Waals surface area contributed by atoms with Gasteiger partial charge in [-0.2, -0.15) is 0 Å². The largest absolute Gasteiger partial charge is 0.482 e. The van der Waals surface area contributed by atoms with E-state index in [2.05, 4.69) is 11.9 Å². The van der Waals surface area contributed by atoms with Crippen molar-refractivity contribution in [1.29, 1.82) is 0 Å². The van der Waals surface area contributed by atoms with E-state index in [1.807, 2.05) is 18.2 Å². The average Bonchev–Trinajstić information content (AvgIpc) is 3.21. The first-order chi connectivity index (χ1) is 15.5. The van der Waals surface area contributed by atoms with Crippen LogP contribution in [0.2, 0.25) is 0 Å². The van der Waals surface area contributed by atoms with Crippen LogP contribution in [0.1, 0.15) is 30.1 Å². The molecule has 0 aromatic heterocycles. The Morgan fingerprint density at radius 1 is 1.38 bits per heavy atom. The van der Waals surface area contributed by atoms with Gasteiger partial charge < -0.3 is 24.6 Å². The number of fused-ring (bicyclic) bond motifs is 1. The third kappa shape index (κ3) is 4.25. The smallest absolute Gasteiger partial charge is 0.341 e. The van der Waals surface area contributed by atoms with E-state index in [4.69, 9.17) is 19.3 Å². The van der Waals surface area contributed by atoms with Gasteiger partial charge >= 0.3 is 5.97 Å². The van der Waals surface area contributed by atoms with E-state index in [1.54, 1.807) is 42.2 Å². The van der Waals surface area contributed by atoms with Crippen LogP contribution in [-0.2, 0) is 19.0 Å². The summed E-state index contributed by atoms with van der Waals surface area (Å²) in [6.45, 7) is 5.60. The molecule has 32 heavy (non-hydrogen) atoms. The molecule has 2 N–H and O–H groups in total. The lowest BCUT2D eigenvalue weighted by Gasteiger charge is -2.40. The van der Waals surface area contributed by atoms with Gasteiger partial charge in [-0.3, -0.25) is 9.69 Å². The van der Waals surface area contributed by atoms with Gasteiger partial charge in [0.15, 0.2) is 12.4 Å². The van der Waals surface area contributed by atoms with E-state index < -0.39 is 18.7 Å². The minimum Gasteiger partial charge on any atom is -0.482 e. The van der Waals surface area contributed by atoms with E-state index >= 15 is 0 Å². The van der Waals surface area contributed by atoms with Crippen molar-refractivity contribution < 1.29 is 28.9 Å². The van der Waals surface area contributed by atoms with Gasteiger partial charge in [-0.05, 0) is 50.1 Å². The zero-order chi connectivity index (χ0) is 22.7. The number of anilines is 1. The molecule has 1 amide bonds. The molecule has 8 heteroatoms. The first-order valence-corrected chi connectivity index (χ1v) is 10.2. The minimum absolute atomic E-state index is 0.154. The first kappa shape index (κ1) is 21.3. The molecule has 0 spiro atoms. The van der Waals surface area contributed by atoms with Crippen molar-refractivity contribution in [3.63, 3.8) is 0 Å². The number of nitrogens with zero attached hydrogens (tertiary/aromatic N) is 1. The molecule has 1 aromatic rings. The molecular formula is C24H24N2O6. The van der Waals surface area contributed by atoms with E-state index in [-0.39, 0.29) is 12.7 Å². The first-order valence-electron chi connectivity index (χ1n) is 10.2. The Hall–Kier alpha value is -3.94. The molecular weight excluding hydrogens is 412 g/mol. The van der Waals surface area contributed by atoms with Gasteiger partial charge in [-0.15, -0.1) is 0 Å². The van der Waals surface area contributed by atoms with Gasteiger partial charge in [0.25, 0.3) is 5.91 Å². The molecule has 8 nitrogen and oxygen atoms in total. The van der Waals surface area contributed by atoms with E-state index in [1.165, 1.54) is 0 Å². The van der Waals surface area contributed by atoms with Crippen molar-refractivity contribution in [2.24, 2.45) is 0 Å². The number of amides is 1. The molecule has 0 saturated heterocycles. The number of benzene rings is 1. The number of carboxylic acid groups (broad SMARTS) is 1. The normalized spacial score (nSPS) is 20.1. The third-order valence-corrected chi connectivity index (χ3v) is 5.35. The molecule has 0 saturated carbocycles. The highest BCUT2D eigenvalue weighted by Gasteiger charge is 2.36. The maximum absolute atomic E-state index is 13.5. The highest BCUT2D eigenvalue weighted by Crippen LogP contribution is 2.35. The molecule has 4 rings (SSSR count). The molecule has 2 heterocycles. The van der Waals surface area contributed by atoms with Crippen LogP contribution < -0.4 is 5.32 Å². The maximum atomic E-state index is 13.5. The van der Waals surface area contributed by atoms with Crippen LogP contribution in [0.3, 0.4) is 0 Å². The van der Waals surface area contributed by atoms with Crippen molar-refractivity contribution in [2.75, 3.05) is 18.7 Å². The summed E-state index contributed by atoms with van der Waals surface area (Å²) in [6, 6.07) is 7.25. The number of allylic oxidation sites excluding steroid dienone is 5. The van der Waals surface area contributed by atoms with Crippen LogP contribution >= 0.6 is 0 Å². The molecule has 166 valence electrons. The average molecular weight is 436 g/mol. The SMILES string of the molecule is C=C(/C=C\C1=C(C)OCO1)N1C(=O)c2ccccc2NC1C1=C(OCC(=O)O)C=CCC1. The fourth-order valence-electron chi connectivity index (χ4n) is 3.78. The molecule has 2 aliphatic heterocycles. The number of carboxylic acids is 1. The minimum atomic E-state index is -1.07. The Bertz CT molecular complexity index is 1080. The monoisotopic (exact) mass is 436 g/mol. The Morgan fingerprint density at radius 3 is 2.94 bits per heavy atom. The van der Waals surface area contributed by atoms with Crippen LogP contribution in [0.4, 0.5) is 5.69 Å². The summed E-state index contributed by atoms with van der Waals surface area (Å²) in [7, 11) is 0. The van der Waals surface area contributed by atoms with E-state index in [9.17, 15) is 9.59 Å². The standard InChI is InChI=1S/C24H24N2O6/c1-15(11-12-20-16(2)31-14-32-20)26-23(25-19-9-5-3-7-17(19)24(26)29)18-8-4-6-10-21(18)30-13-22(27)28/h3,5-7,9-12,23,25H,1,4,8,13-14H2,2H3,(H,27,28)/b12-11-. The van der Waals surface area contributed by atoms with Crippen molar-refractivity contribution in [1.82, 2.24) is 4.90 Å². The summed E-state index contributed by atoms with van der Waals surface area (Å²) >= 11 is 0. The number of nitrogens with one attached hydrogen (secondary N) is 1. The lowest BCUT2D eigenvalue weighted by atomic mass is 9.96. The Balaban J connectivity index is 1.72. The second kappa shape index (κ2) is 9.05. The van der Waals surface area contributed by atoms with Gasteiger partial charge in [0.05, 0.1) is 5.56 Å². The molecule has 1 aliphatic carbocycles. The third-order valence-electron chi connectivity index (χ3n) is 5.35. The summed E-state index contributed by atoms with van der Waals surface area (Å²) in [5.41, 5.74) is 2.44. The van der Waals surface area contributed by atoms with Crippen LogP contribution in [0.25, 0.3) is 0 Å². The van der Waals surface area contributed by atoms with Crippen LogP contribution in [0.5, 0.6) is 0 Å². The van der Waals surface area contributed by atoms with Gasteiger partial charge in [-0.25, -0.2) is 4.79 Å². The predicted octanol–water partition coefficient (Wildman–Crippen LogP) is 3.89. The van der Waals surface area contributed by atoms with Gasteiger partial charge in [0.2, 0.25) is 6.79 Å². The highest BCUT2D eigenvalue weighted by atomic mass is 16.7. The van der Waals surface area contributed by atoms with Crippen LogP contribution in [0.15, 0.2) is 83.7 Å². The van der Waals surface area contributed by atoms with E-state index in [0.29, 0.717) is 40.6 Å². The summed E-state index contributed by atoms with van der Waals surface area (Å²) in [5, 5.41) is 12.5. The Kier molecular flexibility index (Phi) is 6.02. The van der Waals surface area contributed by atoms with Crippen LogP contribution in [-0.4, -0.2) is 41.4 Å². The quantitative estimate of drug-likeness (QED) is 0.626. The highest BCUT2D eigenvalue weighted by molar-refractivity contribution is 6.03. The Morgan fingerprint density at radius 2 is 2.19 bits per heavy atom. The lowest BCUT2D eigenvalue weighted by molar-refractivity contribution is -0.140. The van der Waals surface area contributed by atoms with Crippen LogP contribution in [0, 0.1) is 0 Å². The number of carbonyl (C=O) groups is 2. The molecule has 0 radical (unpaired) electrons. The number of carbonyl (C=O) groups excluding carboxylic acids is 1.